The fourth-order valence-electron chi connectivity index (χ4n) is 2.19. The van der Waals surface area contributed by atoms with Crippen molar-refractivity contribution in [1.82, 2.24) is 9.62 Å². The van der Waals surface area contributed by atoms with E-state index in [1.807, 2.05) is 13.2 Å². The van der Waals surface area contributed by atoms with Gasteiger partial charge in [-0.15, -0.1) is 0 Å². The van der Waals surface area contributed by atoms with E-state index >= 15 is 0 Å². The van der Waals surface area contributed by atoms with Gasteiger partial charge in [-0.1, -0.05) is 17.7 Å². The van der Waals surface area contributed by atoms with Gasteiger partial charge in [-0.25, -0.2) is 8.42 Å². The lowest BCUT2D eigenvalue weighted by molar-refractivity contribution is -0.148. The highest BCUT2D eigenvalue weighted by Gasteiger charge is 2.28. The first-order chi connectivity index (χ1) is 12.2. The van der Waals surface area contributed by atoms with Crippen LogP contribution in [-0.4, -0.2) is 63.4 Å². The molecule has 0 aliphatic carbocycles. The van der Waals surface area contributed by atoms with Crippen LogP contribution in [0.1, 0.15) is 18.9 Å². The molecule has 1 N–H and O–H groups in total. The Morgan fingerprint density at radius 3 is 2.42 bits per heavy atom. The standard InChI is InChI=1S/C17H26N2O5S2/c1-5-24-16(20)12-19(3)17(21)15(10-11-25-4)18-26(22,23)14-8-6-13(2)7-9-14/h6-9,15,18H,5,10-12H2,1-4H3. The van der Waals surface area contributed by atoms with Gasteiger partial charge in [0.05, 0.1) is 11.5 Å². The molecule has 7 nitrogen and oxygen atoms in total. The summed E-state index contributed by atoms with van der Waals surface area (Å²) in [4.78, 5) is 25.5. The normalized spacial score (nSPS) is 12.5. The van der Waals surface area contributed by atoms with E-state index in [-0.39, 0.29) is 18.0 Å². The number of esters is 1. The number of likely N-dealkylation sites (N-methyl/N-ethyl adjacent to an activating group) is 1. The van der Waals surface area contributed by atoms with Crippen molar-refractivity contribution in [3.8, 4) is 0 Å². The van der Waals surface area contributed by atoms with Gasteiger partial charge in [0.15, 0.2) is 0 Å². The number of carbonyl (C=O) groups is 2. The SMILES string of the molecule is CCOC(=O)CN(C)C(=O)C(CCSC)NS(=O)(=O)c1ccc(C)cc1. The van der Waals surface area contributed by atoms with Gasteiger partial charge in [-0.2, -0.15) is 16.5 Å². The molecule has 1 aromatic carbocycles. The molecule has 0 aromatic heterocycles. The molecule has 26 heavy (non-hydrogen) atoms. The smallest absolute Gasteiger partial charge is 0.325 e. The second kappa shape index (κ2) is 10.5. The number of hydrogen-bond acceptors (Lipinski definition) is 6. The number of amides is 1. The fraction of sp³-hybridized carbons (Fsp3) is 0.529. The van der Waals surface area contributed by atoms with Crippen LogP contribution < -0.4 is 4.72 Å². The Labute approximate surface area is 159 Å². The fourth-order valence-corrected chi connectivity index (χ4v) is 3.88. The molecule has 9 heteroatoms. The molecule has 1 atom stereocenters. The first-order valence-electron chi connectivity index (χ1n) is 8.19. The molecule has 0 fully saturated rings. The first kappa shape index (κ1) is 22.5. The van der Waals surface area contributed by atoms with Crippen LogP contribution in [0.15, 0.2) is 29.2 Å². The van der Waals surface area contributed by atoms with Gasteiger partial charge in [-0.3, -0.25) is 9.59 Å². The Bertz CT molecular complexity index is 704. The molecule has 146 valence electrons. The first-order valence-corrected chi connectivity index (χ1v) is 11.1. The molecule has 0 aliphatic heterocycles. The molecule has 0 saturated heterocycles. The lowest BCUT2D eigenvalue weighted by Crippen LogP contribution is -2.48. The van der Waals surface area contributed by atoms with Gasteiger partial charge in [0.25, 0.3) is 0 Å². The van der Waals surface area contributed by atoms with E-state index in [2.05, 4.69) is 4.72 Å². The summed E-state index contributed by atoms with van der Waals surface area (Å²) < 4.78 is 32.5. The van der Waals surface area contributed by atoms with Crippen LogP contribution in [0.25, 0.3) is 0 Å². The van der Waals surface area contributed by atoms with Crippen molar-refractivity contribution >= 4 is 33.7 Å². The van der Waals surface area contributed by atoms with Crippen molar-refractivity contribution in [3.05, 3.63) is 29.8 Å². The lowest BCUT2D eigenvalue weighted by atomic mass is 10.2. The largest absolute Gasteiger partial charge is 0.465 e. The lowest BCUT2D eigenvalue weighted by Gasteiger charge is -2.24. The van der Waals surface area contributed by atoms with E-state index < -0.39 is 27.9 Å². The average molecular weight is 403 g/mol. The summed E-state index contributed by atoms with van der Waals surface area (Å²) >= 11 is 1.51. The molecule has 0 saturated carbocycles. The van der Waals surface area contributed by atoms with Crippen molar-refractivity contribution in [2.75, 3.05) is 32.2 Å². The number of rotatable bonds is 10. The maximum absolute atomic E-state index is 12.6. The molecule has 1 unspecified atom stereocenters. The minimum absolute atomic E-state index is 0.0955. The predicted octanol–water partition coefficient (Wildman–Crippen LogP) is 1.42. The number of sulfonamides is 1. The molecule has 0 spiro atoms. The molecule has 1 aromatic rings. The van der Waals surface area contributed by atoms with Gasteiger partial charge in [-0.05, 0) is 44.4 Å². The summed E-state index contributed by atoms with van der Waals surface area (Å²) in [6.07, 6.45) is 2.19. The Morgan fingerprint density at radius 2 is 1.88 bits per heavy atom. The van der Waals surface area contributed by atoms with E-state index in [1.54, 1.807) is 19.1 Å². The molecule has 1 rings (SSSR count). The number of carbonyl (C=O) groups excluding carboxylic acids is 2. The Morgan fingerprint density at radius 1 is 1.27 bits per heavy atom. The quantitative estimate of drug-likeness (QED) is 0.595. The van der Waals surface area contributed by atoms with Crippen molar-refractivity contribution in [1.29, 1.82) is 0 Å². The summed E-state index contributed by atoms with van der Waals surface area (Å²) in [6, 6.07) is 5.43. The van der Waals surface area contributed by atoms with Crippen LogP contribution in [0, 0.1) is 6.92 Å². The second-order valence-corrected chi connectivity index (χ2v) is 8.47. The number of aryl methyl sites for hydroxylation is 1. The van der Waals surface area contributed by atoms with E-state index in [4.69, 9.17) is 4.74 Å². The molecule has 0 bridgehead atoms. The van der Waals surface area contributed by atoms with Crippen LogP contribution in [0.3, 0.4) is 0 Å². The number of nitrogens with one attached hydrogen (secondary N) is 1. The summed E-state index contributed by atoms with van der Waals surface area (Å²) in [5.74, 6) is -0.406. The third-order valence-corrected chi connectivity index (χ3v) is 5.72. The molecule has 0 radical (unpaired) electrons. The zero-order valence-electron chi connectivity index (χ0n) is 15.5. The van der Waals surface area contributed by atoms with Crippen LogP contribution in [-0.2, 0) is 24.3 Å². The highest BCUT2D eigenvalue weighted by atomic mass is 32.2. The Balaban J connectivity index is 2.92. The number of benzene rings is 1. The Kier molecular flexibility index (Phi) is 9.11. The van der Waals surface area contributed by atoms with Crippen molar-refractivity contribution in [3.63, 3.8) is 0 Å². The molecule has 0 heterocycles. The third-order valence-electron chi connectivity index (χ3n) is 3.59. The van der Waals surface area contributed by atoms with Gasteiger partial charge in [0.1, 0.15) is 12.6 Å². The maximum Gasteiger partial charge on any atom is 0.325 e. The second-order valence-electron chi connectivity index (χ2n) is 5.77. The summed E-state index contributed by atoms with van der Waals surface area (Å²) in [7, 11) is -2.40. The van der Waals surface area contributed by atoms with E-state index in [0.717, 1.165) is 5.56 Å². The van der Waals surface area contributed by atoms with Crippen molar-refractivity contribution in [2.24, 2.45) is 0 Å². The van der Waals surface area contributed by atoms with E-state index in [0.29, 0.717) is 12.2 Å². The summed E-state index contributed by atoms with van der Waals surface area (Å²) in [5.41, 5.74) is 0.938. The Hall–Kier alpha value is -1.58. The summed E-state index contributed by atoms with van der Waals surface area (Å²) in [6.45, 7) is 3.53. The summed E-state index contributed by atoms with van der Waals surface area (Å²) in [5, 5.41) is 0. The highest BCUT2D eigenvalue weighted by Crippen LogP contribution is 2.13. The number of nitrogens with zero attached hydrogens (tertiary/aromatic N) is 1. The monoisotopic (exact) mass is 402 g/mol. The van der Waals surface area contributed by atoms with Gasteiger partial charge in [0, 0.05) is 7.05 Å². The van der Waals surface area contributed by atoms with Crippen LogP contribution in [0.4, 0.5) is 0 Å². The highest BCUT2D eigenvalue weighted by molar-refractivity contribution is 7.98. The van der Waals surface area contributed by atoms with Gasteiger partial charge >= 0.3 is 5.97 Å². The zero-order chi connectivity index (χ0) is 19.7. The topological polar surface area (TPSA) is 92.8 Å². The third kappa shape index (κ3) is 6.97. The van der Waals surface area contributed by atoms with E-state index in [9.17, 15) is 18.0 Å². The number of ether oxygens (including phenoxy) is 1. The minimum Gasteiger partial charge on any atom is -0.465 e. The predicted molar refractivity (Wildman–Crippen MR) is 103 cm³/mol. The molecular weight excluding hydrogens is 376 g/mol. The number of thioether (sulfide) groups is 1. The van der Waals surface area contributed by atoms with Crippen LogP contribution in [0.2, 0.25) is 0 Å². The van der Waals surface area contributed by atoms with Crippen LogP contribution in [0.5, 0.6) is 0 Å². The maximum atomic E-state index is 12.6. The van der Waals surface area contributed by atoms with Gasteiger partial charge < -0.3 is 9.64 Å². The van der Waals surface area contributed by atoms with Gasteiger partial charge in [0.2, 0.25) is 15.9 Å². The van der Waals surface area contributed by atoms with E-state index in [1.165, 1.54) is 35.8 Å². The minimum atomic E-state index is -3.85. The molecular formula is C17H26N2O5S2. The van der Waals surface area contributed by atoms with Crippen molar-refractivity contribution < 1.29 is 22.7 Å². The average Bonchev–Trinajstić information content (AvgIpc) is 2.58. The molecule has 1 amide bonds. The number of hydrogen-bond donors (Lipinski definition) is 1. The molecule has 0 aliphatic rings. The van der Waals surface area contributed by atoms with Crippen molar-refractivity contribution in [2.45, 2.75) is 31.2 Å². The zero-order valence-corrected chi connectivity index (χ0v) is 17.2. The van der Waals surface area contributed by atoms with Crippen LogP contribution >= 0.6 is 11.8 Å².